The lowest BCUT2D eigenvalue weighted by Crippen LogP contribution is -2.09. The van der Waals surface area contributed by atoms with Crippen LogP contribution in [0, 0.1) is 13.8 Å². The number of methoxy groups -OCH3 is 1. The lowest BCUT2D eigenvalue weighted by molar-refractivity contribution is -0.136. The number of aryl methyl sites for hydroxylation is 1. The van der Waals surface area contributed by atoms with Crippen LogP contribution in [0.4, 0.5) is 0 Å². The summed E-state index contributed by atoms with van der Waals surface area (Å²) in [4.78, 5) is 22.6. The third-order valence-corrected chi connectivity index (χ3v) is 3.53. The van der Waals surface area contributed by atoms with E-state index in [-0.39, 0.29) is 18.6 Å². The normalized spacial score (nSPS) is 10.2. The van der Waals surface area contributed by atoms with E-state index in [0.717, 1.165) is 15.6 Å². The summed E-state index contributed by atoms with van der Waals surface area (Å²) < 4.78 is 6.07. The van der Waals surface area contributed by atoms with E-state index < -0.39 is 5.97 Å². The maximum absolute atomic E-state index is 12.1. The van der Waals surface area contributed by atoms with Crippen LogP contribution >= 0.6 is 15.9 Å². The molecule has 1 N–H and O–H groups in total. The minimum absolute atomic E-state index is 0.0254. The number of carboxylic acid groups (broad SMARTS) is 1. The van der Waals surface area contributed by atoms with Crippen molar-refractivity contribution >= 4 is 27.7 Å². The standard InChI is InChI=1S/C13H15BrO4/c1-7-6-9(14)8(2)12(13(7)18-3)10(15)4-5-11(16)17/h6H,4-5H2,1-3H3,(H,16,17). The molecule has 1 aromatic carbocycles. The highest BCUT2D eigenvalue weighted by Crippen LogP contribution is 2.33. The molecule has 0 aliphatic carbocycles. The molecule has 1 rings (SSSR count). The number of carbonyl (C=O) groups is 2. The van der Waals surface area contributed by atoms with E-state index in [4.69, 9.17) is 9.84 Å². The molecule has 4 nitrogen and oxygen atoms in total. The van der Waals surface area contributed by atoms with Gasteiger partial charge in [0.1, 0.15) is 5.75 Å². The van der Waals surface area contributed by atoms with Gasteiger partial charge in [0.25, 0.3) is 0 Å². The Morgan fingerprint density at radius 1 is 1.33 bits per heavy atom. The first-order valence-corrected chi connectivity index (χ1v) is 6.26. The van der Waals surface area contributed by atoms with Gasteiger partial charge in [-0.1, -0.05) is 15.9 Å². The molecular formula is C13H15BrO4. The van der Waals surface area contributed by atoms with E-state index in [9.17, 15) is 9.59 Å². The van der Waals surface area contributed by atoms with Crippen LogP contribution in [0.1, 0.15) is 34.3 Å². The molecule has 0 aromatic heterocycles. The minimum atomic E-state index is -0.980. The van der Waals surface area contributed by atoms with E-state index in [0.29, 0.717) is 11.3 Å². The summed E-state index contributed by atoms with van der Waals surface area (Å²) in [7, 11) is 1.50. The van der Waals surface area contributed by atoms with Crippen LogP contribution < -0.4 is 4.74 Å². The molecule has 0 saturated carbocycles. The van der Waals surface area contributed by atoms with Crippen LogP contribution in [0.25, 0.3) is 0 Å². The van der Waals surface area contributed by atoms with Crippen molar-refractivity contribution in [3.63, 3.8) is 0 Å². The summed E-state index contributed by atoms with van der Waals surface area (Å²) in [5, 5.41) is 8.62. The molecule has 0 fully saturated rings. The molecule has 0 bridgehead atoms. The van der Waals surface area contributed by atoms with Crippen LogP contribution in [0.3, 0.4) is 0 Å². The van der Waals surface area contributed by atoms with Gasteiger partial charge in [0.05, 0.1) is 19.1 Å². The average Bonchev–Trinajstić information content (AvgIpc) is 2.30. The van der Waals surface area contributed by atoms with Crippen LogP contribution in [0.15, 0.2) is 10.5 Å². The Kier molecular flexibility index (Phi) is 4.90. The number of hydrogen-bond acceptors (Lipinski definition) is 3. The van der Waals surface area contributed by atoms with Crippen molar-refractivity contribution in [1.29, 1.82) is 0 Å². The van der Waals surface area contributed by atoms with Crippen molar-refractivity contribution in [1.82, 2.24) is 0 Å². The quantitative estimate of drug-likeness (QED) is 0.848. The SMILES string of the molecule is COc1c(C)cc(Br)c(C)c1C(=O)CCC(=O)O. The zero-order chi connectivity index (χ0) is 13.9. The van der Waals surface area contributed by atoms with E-state index in [2.05, 4.69) is 15.9 Å². The molecule has 0 atom stereocenters. The predicted octanol–water partition coefficient (Wildman–Crippen LogP) is 3.12. The van der Waals surface area contributed by atoms with E-state index in [1.54, 1.807) is 6.92 Å². The average molecular weight is 315 g/mol. The zero-order valence-corrected chi connectivity index (χ0v) is 12.1. The highest BCUT2D eigenvalue weighted by Gasteiger charge is 2.20. The number of rotatable bonds is 5. The number of aliphatic carboxylic acids is 1. The number of ketones is 1. The Bertz CT molecular complexity index is 494. The predicted molar refractivity (Wildman–Crippen MR) is 71.4 cm³/mol. The lowest BCUT2D eigenvalue weighted by atomic mass is 9.97. The number of Topliss-reactive ketones (excluding diaryl/α,β-unsaturated/α-hetero) is 1. The van der Waals surface area contributed by atoms with Crippen molar-refractivity contribution in [3.8, 4) is 5.75 Å². The van der Waals surface area contributed by atoms with Crippen molar-refractivity contribution < 1.29 is 19.4 Å². The van der Waals surface area contributed by atoms with Crippen molar-refractivity contribution in [2.75, 3.05) is 7.11 Å². The first-order valence-electron chi connectivity index (χ1n) is 5.47. The second kappa shape index (κ2) is 6.00. The Morgan fingerprint density at radius 3 is 2.44 bits per heavy atom. The van der Waals surface area contributed by atoms with Gasteiger partial charge in [-0.05, 0) is 31.0 Å². The lowest BCUT2D eigenvalue weighted by Gasteiger charge is -2.14. The third kappa shape index (κ3) is 3.10. The maximum atomic E-state index is 12.1. The summed E-state index contributed by atoms with van der Waals surface area (Å²) in [5.74, 6) is -0.672. The molecule has 0 aliphatic rings. The van der Waals surface area contributed by atoms with Crippen LogP contribution in [0.5, 0.6) is 5.75 Å². The Hall–Kier alpha value is -1.36. The van der Waals surface area contributed by atoms with E-state index in [1.807, 2.05) is 13.0 Å². The Balaban J connectivity index is 3.21. The highest BCUT2D eigenvalue weighted by atomic mass is 79.9. The monoisotopic (exact) mass is 314 g/mol. The second-order valence-electron chi connectivity index (χ2n) is 4.03. The van der Waals surface area contributed by atoms with Gasteiger partial charge in [-0.15, -0.1) is 0 Å². The number of benzene rings is 1. The number of halogens is 1. The zero-order valence-electron chi connectivity index (χ0n) is 10.5. The molecule has 0 saturated heterocycles. The number of carboxylic acids is 1. The maximum Gasteiger partial charge on any atom is 0.303 e. The minimum Gasteiger partial charge on any atom is -0.496 e. The fourth-order valence-corrected chi connectivity index (χ4v) is 2.34. The fraction of sp³-hybridized carbons (Fsp3) is 0.385. The molecule has 0 heterocycles. The summed E-state index contributed by atoms with van der Waals surface area (Å²) in [6, 6.07) is 1.88. The molecule has 0 amide bonds. The molecule has 0 unspecified atom stereocenters. The third-order valence-electron chi connectivity index (χ3n) is 2.71. The molecule has 98 valence electrons. The van der Waals surface area contributed by atoms with Gasteiger partial charge in [0, 0.05) is 10.9 Å². The van der Waals surface area contributed by atoms with Gasteiger partial charge >= 0.3 is 5.97 Å². The fourth-order valence-electron chi connectivity index (χ4n) is 1.80. The largest absolute Gasteiger partial charge is 0.496 e. The van der Waals surface area contributed by atoms with Gasteiger partial charge in [-0.2, -0.15) is 0 Å². The van der Waals surface area contributed by atoms with Crippen molar-refractivity contribution in [3.05, 3.63) is 27.2 Å². The number of hydrogen-bond donors (Lipinski definition) is 1. The molecular weight excluding hydrogens is 300 g/mol. The molecule has 0 aliphatic heterocycles. The molecule has 1 aromatic rings. The van der Waals surface area contributed by atoms with E-state index >= 15 is 0 Å². The summed E-state index contributed by atoms with van der Waals surface area (Å²) in [6.45, 7) is 3.65. The first-order chi connectivity index (χ1) is 8.38. The second-order valence-corrected chi connectivity index (χ2v) is 4.88. The summed E-state index contributed by atoms with van der Waals surface area (Å²) in [6.07, 6.45) is -0.199. The molecule has 18 heavy (non-hydrogen) atoms. The summed E-state index contributed by atoms with van der Waals surface area (Å²) in [5.41, 5.74) is 2.08. The first kappa shape index (κ1) is 14.7. The Labute approximate surface area is 114 Å². The van der Waals surface area contributed by atoms with Crippen LogP contribution in [0.2, 0.25) is 0 Å². The van der Waals surface area contributed by atoms with E-state index in [1.165, 1.54) is 7.11 Å². The van der Waals surface area contributed by atoms with Gasteiger partial charge in [0.15, 0.2) is 5.78 Å². The number of ether oxygens (including phenoxy) is 1. The topological polar surface area (TPSA) is 63.6 Å². The van der Waals surface area contributed by atoms with Crippen LogP contribution in [-0.2, 0) is 4.79 Å². The van der Waals surface area contributed by atoms with Gasteiger partial charge < -0.3 is 9.84 Å². The Morgan fingerprint density at radius 2 is 1.94 bits per heavy atom. The van der Waals surface area contributed by atoms with Crippen molar-refractivity contribution in [2.24, 2.45) is 0 Å². The number of carbonyl (C=O) groups excluding carboxylic acids is 1. The van der Waals surface area contributed by atoms with Crippen molar-refractivity contribution in [2.45, 2.75) is 26.7 Å². The molecule has 5 heteroatoms. The molecule has 0 radical (unpaired) electrons. The smallest absolute Gasteiger partial charge is 0.303 e. The van der Waals surface area contributed by atoms with Gasteiger partial charge in [-0.3, -0.25) is 9.59 Å². The summed E-state index contributed by atoms with van der Waals surface area (Å²) >= 11 is 3.38. The van der Waals surface area contributed by atoms with Gasteiger partial charge in [-0.25, -0.2) is 0 Å². The molecule has 0 spiro atoms. The highest BCUT2D eigenvalue weighted by molar-refractivity contribution is 9.10. The van der Waals surface area contributed by atoms with Crippen LogP contribution in [-0.4, -0.2) is 24.0 Å². The van der Waals surface area contributed by atoms with Gasteiger partial charge in [0.2, 0.25) is 0 Å².